The Morgan fingerprint density at radius 1 is 1.00 bits per heavy atom. The largest absolute Gasteiger partial charge is 0.150 e. The molecule has 0 aliphatic carbocycles. The van der Waals surface area contributed by atoms with Gasteiger partial charge in [0.05, 0.1) is 5.69 Å². The summed E-state index contributed by atoms with van der Waals surface area (Å²) < 4.78 is 1.21. The summed E-state index contributed by atoms with van der Waals surface area (Å²) in [5.41, 5.74) is 0.888. The lowest BCUT2D eigenvalue weighted by molar-refractivity contribution is 1.25. The SMILES string of the molecule is Ic1ccc(N=Nc2cccs2)cc1. The Labute approximate surface area is 99.8 Å². The third-order valence-corrected chi connectivity index (χ3v) is 3.07. The fourth-order valence-corrected chi connectivity index (χ4v) is 1.84. The molecule has 0 atom stereocenters. The molecule has 0 bridgehead atoms. The molecule has 0 saturated heterocycles. The van der Waals surface area contributed by atoms with E-state index in [0.29, 0.717) is 0 Å². The molecule has 2 rings (SSSR count). The van der Waals surface area contributed by atoms with Crippen molar-refractivity contribution in [2.24, 2.45) is 10.2 Å². The van der Waals surface area contributed by atoms with Crippen molar-refractivity contribution in [1.29, 1.82) is 0 Å². The van der Waals surface area contributed by atoms with Crippen LogP contribution in [0.2, 0.25) is 0 Å². The Hall–Kier alpha value is -0.750. The zero-order valence-corrected chi connectivity index (χ0v) is 10.2. The number of azo groups is 1. The molecule has 0 aliphatic heterocycles. The summed E-state index contributed by atoms with van der Waals surface area (Å²) in [7, 11) is 0. The highest BCUT2D eigenvalue weighted by molar-refractivity contribution is 14.1. The summed E-state index contributed by atoms with van der Waals surface area (Å²) in [5.74, 6) is 0. The van der Waals surface area contributed by atoms with E-state index in [1.807, 2.05) is 41.8 Å². The van der Waals surface area contributed by atoms with Crippen LogP contribution in [0.15, 0.2) is 52.0 Å². The zero-order valence-electron chi connectivity index (χ0n) is 7.22. The van der Waals surface area contributed by atoms with Gasteiger partial charge in [-0.3, -0.25) is 0 Å². The average molecular weight is 314 g/mol. The molecule has 0 saturated carbocycles. The van der Waals surface area contributed by atoms with Crippen LogP contribution in [0.25, 0.3) is 0 Å². The van der Waals surface area contributed by atoms with Gasteiger partial charge < -0.3 is 0 Å². The van der Waals surface area contributed by atoms with Gasteiger partial charge in [-0.1, -0.05) is 0 Å². The second-order valence-electron chi connectivity index (χ2n) is 2.63. The lowest BCUT2D eigenvalue weighted by Gasteiger charge is -1.91. The lowest BCUT2D eigenvalue weighted by atomic mass is 10.3. The molecule has 2 nitrogen and oxygen atoms in total. The maximum Gasteiger partial charge on any atom is 0.138 e. The van der Waals surface area contributed by atoms with Crippen molar-refractivity contribution in [3.05, 3.63) is 45.3 Å². The molecule has 0 amide bonds. The minimum Gasteiger partial charge on any atom is -0.150 e. The first kappa shape index (κ1) is 9.79. The van der Waals surface area contributed by atoms with E-state index in [1.54, 1.807) is 11.3 Å². The Bertz CT molecular complexity index is 420. The molecular formula is C10H7IN2S. The van der Waals surface area contributed by atoms with Gasteiger partial charge in [0.15, 0.2) is 0 Å². The number of hydrogen-bond acceptors (Lipinski definition) is 3. The van der Waals surface area contributed by atoms with Gasteiger partial charge in [0.1, 0.15) is 5.00 Å². The number of nitrogens with zero attached hydrogens (tertiary/aromatic N) is 2. The van der Waals surface area contributed by atoms with Gasteiger partial charge in [-0.15, -0.1) is 21.6 Å². The van der Waals surface area contributed by atoms with Crippen molar-refractivity contribution in [3.63, 3.8) is 0 Å². The molecule has 0 spiro atoms. The molecule has 2 aromatic rings. The van der Waals surface area contributed by atoms with Gasteiger partial charge in [0, 0.05) is 3.57 Å². The normalized spacial score (nSPS) is 10.9. The van der Waals surface area contributed by atoms with E-state index in [9.17, 15) is 0 Å². The molecule has 14 heavy (non-hydrogen) atoms. The molecule has 1 aromatic carbocycles. The fourth-order valence-electron chi connectivity index (χ4n) is 0.942. The second kappa shape index (κ2) is 4.65. The Morgan fingerprint density at radius 3 is 2.43 bits per heavy atom. The van der Waals surface area contributed by atoms with Gasteiger partial charge >= 0.3 is 0 Å². The van der Waals surface area contributed by atoms with E-state index < -0.39 is 0 Å². The van der Waals surface area contributed by atoms with Crippen LogP contribution in [-0.2, 0) is 0 Å². The van der Waals surface area contributed by atoms with Crippen LogP contribution >= 0.6 is 33.9 Å². The molecule has 0 radical (unpaired) electrons. The first-order valence-electron chi connectivity index (χ1n) is 4.05. The summed E-state index contributed by atoms with van der Waals surface area (Å²) in [5, 5.41) is 11.2. The lowest BCUT2D eigenvalue weighted by Crippen LogP contribution is -1.66. The topological polar surface area (TPSA) is 24.7 Å². The monoisotopic (exact) mass is 314 g/mol. The highest BCUT2D eigenvalue weighted by Crippen LogP contribution is 2.22. The molecule has 70 valence electrons. The Morgan fingerprint density at radius 2 is 1.79 bits per heavy atom. The predicted octanol–water partition coefficient (Wildman–Crippen LogP) is 4.77. The Balaban J connectivity index is 2.15. The van der Waals surface area contributed by atoms with Crippen LogP contribution < -0.4 is 0 Å². The van der Waals surface area contributed by atoms with Crippen LogP contribution in [0.1, 0.15) is 0 Å². The quantitative estimate of drug-likeness (QED) is 0.563. The summed E-state index contributed by atoms with van der Waals surface area (Å²) in [6, 6.07) is 11.9. The van der Waals surface area contributed by atoms with E-state index in [0.717, 1.165) is 10.7 Å². The number of benzene rings is 1. The van der Waals surface area contributed by atoms with Crippen LogP contribution in [-0.4, -0.2) is 0 Å². The fraction of sp³-hybridized carbons (Fsp3) is 0. The second-order valence-corrected chi connectivity index (χ2v) is 4.80. The maximum absolute atomic E-state index is 4.12. The van der Waals surface area contributed by atoms with E-state index >= 15 is 0 Å². The van der Waals surface area contributed by atoms with Gasteiger partial charge in [0.25, 0.3) is 0 Å². The Kier molecular flexibility index (Phi) is 3.26. The summed E-state index contributed by atoms with van der Waals surface area (Å²) in [6.07, 6.45) is 0. The summed E-state index contributed by atoms with van der Waals surface area (Å²) >= 11 is 3.85. The molecule has 4 heteroatoms. The molecule has 0 aliphatic rings. The zero-order chi connectivity index (χ0) is 9.80. The van der Waals surface area contributed by atoms with Gasteiger partial charge in [-0.25, -0.2) is 0 Å². The van der Waals surface area contributed by atoms with Crippen LogP contribution in [0, 0.1) is 3.57 Å². The van der Waals surface area contributed by atoms with Crippen LogP contribution in [0.4, 0.5) is 10.7 Å². The maximum atomic E-state index is 4.12. The molecule has 0 fully saturated rings. The molecular weight excluding hydrogens is 307 g/mol. The van der Waals surface area contributed by atoms with Crippen molar-refractivity contribution in [2.45, 2.75) is 0 Å². The number of hydrogen-bond donors (Lipinski definition) is 0. The van der Waals surface area contributed by atoms with Crippen molar-refractivity contribution >= 4 is 44.6 Å². The first-order valence-corrected chi connectivity index (χ1v) is 6.01. The average Bonchev–Trinajstić information content (AvgIpc) is 2.70. The third-order valence-electron chi connectivity index (χ3n) is 1.60. The van der Waals surface area contributed by atoms with Gasteiger partial charge in [-0.05, 0) is 64.4 Å². The first-order chi connectivity index (χ1) is 6.84. The van der Waals surface area contributed by atoms with E-state index in [2.05, 4.69) is 32.8 Å². The van der Waals surface area contributed by atoms with Gasteiger partial charge in [0.2, 0.25) is 0 Å². The molecule has 0 N–H and O–H groups in total. The molecule has 0 unspecified atom stereocenters. The number of rotatable bonds is 2. The third kappa shape index (κ3) is 2.62. The molecule has 1 aromatic heterocycles. The summed E-state index contributed by atoms with van der Waals surface area (Å²) in [6.45, 7) is 0. The standard InChI is InChI=1S/C10H7IN2S/c11-8-3-5-9(6-4-8)12-13-10-2-1-7-14-10/h1-7H. The number of thiophene rings is 1. The van der Waals surface area contributed by atoms with Crippen LogP contribution in [0.3, 0.4) is 0 Å². The van der Waals surface area contributed by atoms with Crippen molar-refractivity contribution in [2.75, 3.05) is 0 Å². The highest BCUT2D eigenvalue weighted by Gasteiger charge is 1.90. The minimum atomic E-state index is 0.888. The van der Waals surface area contributed by atoms with Gasteiger partial charge in [-0.2, -0.15) is 0 Å². The molecule has 1 heterocycles. The van der Waals surface area contributed by atoms with E-state index in [1.165, 1.54) is 3.57 Å². The number of halogens is 1. The van der Waals surface area contributed by atoms with Crippen LogP contribution in [0.5, 0.6) is 0 Å². The van der Waals surface area contributed by atoms with Crippen molar-refractivity contribution < 1.29 is 0 Å². The smallest absolute Gasteiger partial charge is 0.138 e. The van der Waals surface area contributed by atoms with Crippen molar-refractivity contribution in [3.8, 4) is 0 Å². The van der Waals surface area contributed by atoms with E-state index in [4.69, 9.17) is 0 Å². The van der Waals surface area contributed by atoms with E-state index in [-0.39, 0.29) is 0 Å². The summed E-state index contributed by atoms with van der Waals surface area (Å²) in [4.78, 5) is 0. The highest BCUT2D eigenvalue weighted by atomic mass is 127. The minimum absolute atomic E-state index is 0.888. The predicted molar refractivity (Wildman–Crippen MR) is 67.7 cm³/mol. The van der Waals surface area contributed by atoms with Crippen molar-refractivity contribution in [1.82, 2.24) is 0 Å².